The van der Waals surface area contributed by atoms with Crippen LogP contribution < -0.4 is 9.64 Å². The summed E-state index contributed by atoms with van der Waals surface area (Å²) in [6.07, 6.45) is 5.37. The number of hydrogen-bond acceptors (Lipinski definition) is 5. The second kappa shape index (κ2) is 5.30. The highest BCUT2D eigenvalue weighted by Gasteiger charge is 2.37. The van der Waals surface area contributed by atoms with Gasteiger partial charge in [0.05, 0.1) is 13.7 Å². The number of anilines is 1. The highest BCUT2D eigenvalue weighted by Crippen LogP contribution is 2.47. The van der Waals surface area contributed by atoms with Crippen LogP contribution in [0.2, 0.25) is 0 Å². The van der Waals surface area contributed by atoms with Gasteiger partial charge in [-0.05, 0) is 37.3 Å². The van der Waals surface area contributed by atoms with Crippen molar-refractivity contribution in [3.63, 3.8) is 0 Å². The Kier molecular flexibility index (Phi) is 3.28. The monoisotopic (exact) mass is 299 g/mol. The first-order valence-electron chi connectivity index (χ1n) is 7.97. The van der Waals surface area contributed by atoms with Crippen LogP contribution in [0.4, 0.5) is 5.95 Å². The van der Waals surface area contributed by atoms with Crippen LogP contribution in [0, 0.1) is 5.92 Å². The molecule has 2 fully saturated rings. The molecule has 2 aromatic rings. The van der Waals surface area contributed by atoms with E-state index in [-0.39, 0.29) is 0 Å². The van der Waals surface area contributed by atoms with Gasteiger partial charge in [0.2, 0.25) is 11.8 Å². The summed E-state index contributed by atoms with van der Waals surface area (Å²) in [5.41, 5.74) is 0. The normalized spacial score (nSPS) is 23.4. The van der Waals surface area contributed by atoms with Gasteiger partial charge < -0.3 is 14.1 Å². The Bertz CT molecular complexity index is 665. The van der Waals surface area contributed by atoms with Crippen LogP contribution in [-0.4, -0.2) is 23.1 Å². The van der Waals surface area contributed by atoms with Crippen molar-refractivity contribution in [1.82, 2.24) is 9.97 Å². The van der Waals surface area contributed by atoms with Gasteiger partial charge in [-0.1, -0.05) is 6.92 Å². The third-order valence-corrected chi connectivity index (χ3v) is 4.55. The first-order chi connectivity index (χ1) is 10.7. The van der Waals surface area contributed by atoms with Crippen molar-refractivity contribution in [2.75, 3.05) is 12.0 Å². The van der Waals surface area contributed by atoms with Crippen LogP contribution in [0.25, 0.3) is 0 Å². The Hall–Kier alpha value is -2.04. The van der Waals surface area contributed by atoms with Crippen molar-refractivity contribution in [3.8, 4) is 5.88 Å². The van der Waals surface area contributed by atoms with Crippen LogP contribution in [0.15, 0.2) is 28.8 Å². The molecule has 2 aliphatic rings. The van der Waals surface area contributed by atoms with E-state index >= 15 is 0 Å². The van der Waals surface area contributed by atoms with Gasteiger partial charge in [0.1, 0.15) is 11.5 Å². The van der Waals surface area contributed by atoms with E-state index in [0.29, 0.717) is 17.8 Å². The molecule has 22 heavy (non-hydrogen) atoms. The van der Waals surface area contributed by atoms with Crippen LogP contribution in [0.1, 0.15) is 43.6 Å². The van der Waals surface area contributed by atoms with Crippen molar-refractivity contribution < 1.29 is 9.15 Å². The standard InChI is InChI=1S/C17H21N3O2/c1-11-9-14(11)15-6-5-13(22-15)10-20(12-3-4-12)17-18-8-7-16(19-17)21-2/h5-8,11-12,14H,3-4,9-10H2,1-2H3/t11-,14-/m1/s1. The highest BCUT2D eigenvalue weighted by molar-refractivity contribution is 5.36. The smallest absolute Gasteiger partial charge is 0.229 e. The number of aromatic nitrogens is 2. The summed E-state index contributed by atoms with van der Waals surface area (Å²) in [6.45, 7) is 2.99. The molecule has 0 unspecified atom stereocenters. The fourth-order valence-corrected chi connectivity index (χ4v) is 2.90. The van der Waals surface area contributed by atoms with Crippen molar-refractivity contribution in [3.05, 3.63) is 35.9 Å². The van der Waals surface area contributed by atoms with Gasteiger partial charge in [0, 0.05) is 24.2 Å². The molecule has 0 aliphatic heterocycles. The molecule has 2 aliphatic carbocycles. The SMILES string of the molecule is COc1ccnc(N(Cc2ccc([C@@H]3C[C@H]3C)o2)C2CC2)n1. The number of hydrogen-bond donors (Lipinski definition) is 0. The first kappa shape index (κ1) is 13.6. The Morgan fingerprint density at radius 2 is 2.14 bits per heavy atom. The van der Waals surface area contributed by atoms with Crippen molar-refractivity contribution in [1.29, 1.82) is 0 Å². The number of rotatable bonds is 6. The Labute approximate surface area is 130 Å². The molecule has 0 spiro atoms. The van der Waals surface area contributed by atoms with Gasteiger partial charge in [-0.15, -0.1) is 0 Å². The lowest BCUT2D eigenvalue weighted by atomic mass is 10.3. The summed E-state index contributed by atoms with van der Waals surface area (Å²) >= 11 is 0. The molecule has 5 nitrogen and oxygen atoms in total. The molecular weight excluding hydrogens is 278 g/mol. The van der Waals surface area contributed by atoms with Crippen molar-refractivity contribution in [2.24, 2.45) is 5.92 Å². The summed E-state index contributed by atoms with van der Waals surface area (Å²) in [5.74, 6) is 4.83. The van der Waals surface area contributed by atoms with Gasteiger partial charge in [0.25, 0.3) is 0 Å². The molecule has 2 atom stereocenters. The average Bonchev–Trinajstić information content (AvgIpc) is 3.46. The number of nitrogens with zero attached hydrogens (tertiary/aromatic N) is 3. The van der Waals surface area contributed by atoms with Crippen LogP contribution in [0.3, 0.4) is 0 Å². The van der Waals surface area contributed by atoms with E-state index in [2.05, 4.69) is 33.9 Å². The molecule has 5 heteroatoms. The minimum atomic E-state index is 0.514. The quantitative estimate of drug-likeness (QED) is 0.818. The molecule has 0 saturated heterocycles. The minimum absolute atomic E-state index is 0.514. The van der Waals surface area contributed by atoms with E-state index in [9.17, 15) is 0 Å². The third-order valence-electron chi connectivity index (χ3n) is 4.55. The van der Waals surface area contributed by atoms with E-state index in [1.165, 1.54) is 19.3 Å². The molecular formula is C17H21N3O2. The summed E-state index contributed by atoms with van der Waals surface area (Å²) in [7, 11) is 1.63. The van der Waals surface area contributed by atoms with Crippen LogP contribution >= 0.6 is 0 Å². The van der Waals surface area contributed by atoms with E-state index in [0.717, 1.165) is 29.9 Å². The van der Waals surface area contributed by atoms with E-state index in [1.807, 2.05) is 0 Å². The van der Waals surface area contributed by atoms with Gasteiger partial charge in [-0.2, -0.15) is 4.98 Å². The second-order valence-corrected chi connectivity index (χ2v) is 6.38. The second-order valence-electron chi connectivity index (χ2n) is 6.38. The Balaban J connectivity index is 1.53. The van der Waals surface area contributed by atoms with Gasteiger partial charge in [-0.3, -0.25) is 0 Å². The zero-order valence-corrected chi connectivity index (χ0v) is 13.0. The molecule has 2 aromatic heterocycles. The molecule has 0 aromatic carbocycles. The minimum Gasteiger partial charge on any atom is -0.481 e. The number of ether oxygens (including phenoxy) is 1. The van der Waals surface area contributed by atoms with E-state index in [4.69, 9.17) is 9.15 Å². The number of furan rings is 1. The lowest BCUT2D eigenvalue weighted by Crippen LogP contribution is -2.26. The maximum absolute atomic E-state index is 6.04. The zero-order valence-electron chi connectivity index (χ0n) is 13.0. The van der Waals surface area contributed by atoms with E-state index in [1.54, 1.807) is 19.4 Å². The third kappa shape index (κ3) is 2.67. The molecule has 0 bridgehead atoms. The van der Waals surface area contributed by atoms with Crippen molar-refractivity contribution in [2.45, 2.75) is 44.7 Å². The zero-order chi connectivity index (χ0) is 15.1. The fraction of sp³-hybridized carbons (Fsp3) is 0.529. The van der Waals surface area contributed by atoms with Gasteiger partial charge in [0.15, 0.2) is 0 Å². The Morgan fingerprint density at radius 1 is 1.32 bits per heavy atom. The fourth-order valence-electron chi connectivity index (χ4n) is 2.90. The summed E-state index contributed by atoms with van der Waals surface area (Å²) in [4.78, 5) is 11.1. The molecule has 0 N–H and O–H groups in total. The maximum atomic E-state index is 6.04. The topological polar surface area (TPSA) is 51.4 Å². The van der Waals surface area contributed by atoms with Crippen LogP contribution in [-0.2, 0) is 6.54 Å². The van der Waals surface area contributed by atoms with Crippen LogP contribution in [0.5, 0.6) is 5.88 Å². The predicted octanol–water partition coefficient (Wildman–Crippen LogP) is 3.37. The molecule has 0 amide bonds. The highest BCUT2D eigenvalue weighted by atomic mass is 16.5. The van der Waals surface area contributed by atoms with Gasteiger partial charge in [-0.25, -0.2) is 4.98 Å². The predicted molar refractivity (Wildman–Crippen MR) is 83.0 cm³/mol. The lowest BCUT2D eigenvalue weighted by Gasteiger charge is -2.21. The summed E-state index contributed by atoms with van der Waals surface area (Å²) in [5, 5.41) is 0. The number of methoxy groups -OCH3 is 1. The molecule has 4 rings (SSSR count). The molecule has 0 radical (unpaired) electrons. The lowest BCUT2D eigenvalue weighted by molar-refractivity contribution is 0.396. The molecule has 2 saturated carbocycles. The van der Waals surface area contributed by atoms with E-state index < -0.39 is 0 Å². The molecule has 2 heterocycles. The largest absolute Gasteiger partial charge is 0.481 e. The first-order valence-corrected chi connectivity index (χ1v) is 7.97. The Morgan fingerprint density at radius 3 is 2.82 bits per heavy atom. The average molecular weight is 299 g/mol. The molecule has 116 valence electrons. The summed E-state index contributed by atoms with van der Waals surface area (Å²) in [6, 6.07) is 6.51. The summed E-state index contributed by atoms with van der Waals surface area (Å²) < 4.78 is 11.2. The van der Waals surface area contributed by atoms with Crippen molar-refractivity contribution >= 4 is 5.95 Å². The van der Waals surface area contributed by atoms with Gasteiger partial charge >= 0.3 is 0 Å². The maximum Gasteiger partial charge on any atom is 0.229 e.